The first-order valence-corrected chi connectivity index (χ1v) is 40.3. The Kier molecular flexibility index (Phi) is 51.0. The first kappa shape index (κ1) is 90.2. The summed E-state index contributed by atoms with van der Waals surface area (Å²) in [7, 11) is -5.69. The predicted molar refractivity (Wildman–Crippen MR) is 370 cm³/mol. The minimum absolute atomic E-state index is 0.0330. The minimum Gasteiger partial charge on any atom is -0.463 e. The van der Waals surface area contributed by atoms with Crippen LogP contribution in [0.1, 0.15) is 316 Å². The van der Waals surface area contributed by atoms with E-state index < -0.39 is 156 Å². The van der Waals surface area contributed by atoms with Gasteiger partial charge < -0.3 is 89.1 Å². The number of aliphatic hydroxyl groups excluding tert-OH is 10. The third-order valence-corrected chi connectivity index (χ3v) is 20.4. The lowest BCUT2D eigenvalue weighted by molar-refractivity contribution is -0.360. The lowest BCUT2D eigenvalue weighted by Crippen LogP contribution is -2.69. The average molecular weight is 1430 g/mol. The van der Waals surface area contributed by atoms with Crippen molar-refractivity contribution in [3.8, 4) is 0 Å². The van der Waals surface area contributed by atoms with Gasteiger partial charge in [0.05, 0.1) is 13.2 Å². The molecule has 0 aromatic heterocycles. The van der Waals surface area contributed by atoms with E-state index in [9.17, 15) is 74.9 Å². The van der Waals surface area contributed by atoms with Crippen molar-refractivity contribution in [1.29, 1.82) is 0 Å². The van der Waals surface area contributed by atoms with Crippen molar-refractivity contribution in [2.45, 2.75) is 420 Å². The fourth-order valence-electron chi connectivity index (χ4n) is 13.1. The van der Waals surface area contributed by atoms with Gasteiger partial charge in [-0.1, -0.05) is 278 Å². The van der Waals surface area contributed by atoms with Gasteiger partial charge in [0, 0.05) is 19.3 Å². The van der Waals surface area contributed by atoms with Crippen LogP contribution in [-0.2, 0) is 61.2 Å². The van der Waals surface area contributed by atoms with E-state index in [0.717, 1.165) is 96.3 Å². The van der Waals surface area contributed by atoms with Gasteiger partial charge in [0.15, 0.2) is 18.7 Å². The van der Waals surface area contributed by atoms with Crippen LogP contribution in [0.3, 0.4) is 0 Å². The molecule has 18 unspecified atom stereocenters. The standard InChI is InChI=1S/C73H137O24P/c1-4-7-10-13-16-19-22-24-26-28-30-33-36-39-42-45-48-58(76)90-53-56-61(79)63(81)68(86)73(94-56)96-70-66(84)64(82)65(83)69(95-72-67(85)62(80)60(78)55(50-74)93-72)71(70)97-98(87,88)91-52-54(51-89-57(75)47-44-41-38-35-32-21-18-15-12-9-6-3)92-59(77)49-46-43-40-37-34-31-29-27-25-23-20-17-14-11-8-5-2/h54-56,60-74,78-86H,4-53H2,1-3H3,(H,87,88). The van der Waals surface area contributed by atoms with Gasteiger partial charge in [0.2, 0.25) is 0 Å². The molecule has 0 spiro atoms. The maximum absolute atomic E-state index is 14.3. The van der Waals surface area contributed by atoms with E-state index in [1.165, 1.54) is 161 Å². The monoisotopic (exact) mass is 1430 g/mol. The number of phosphoric ester groups is 1. The highest BCUT2D eigenvalue weighted by Gasteiger charge is 2.58. The molecule has 1 aliphatic carbocycles. The first-order chi connectivity index (χ1) is 47.3. The zero-order valence-electron chi connectivity index (χ0n) is 60.3. The molecule has 0 bridgehead atoms. The molecule has 0 aromatic carbocycles. The van der Waals surface area contributed by atoms with Crippen LogP contribution >= 0.6 is 7.82 Å². The summed E-state index contributed by atoms with van der Waals surface area (Å²) in [6.45, 7) is 3.47. The summed E-state index contributed by atoms with van der Waals surface area (Å²) >= 11 is 0. The third-order valence-electron chi connectivity index (χ3n) is 19.4. The molecular weight excluding hydrogens is 1290 g/mol. The van der Waals surface area contributed by atoms with Gasteiger partial charge in [-0.25, -0.2) is 4.57 Å². The number of phosphoric acid groups is 1. The molecule has 2 heterocycles. The second kappa shape index (κ2) is 55.4. The van der Waals surface area contributed by atoms with Crippen LogP contribution in [0, 0.1) is 0 Å². The van der Waals surface area contributed by atoms with E-state index >= 15 is 0 Å². The maximum atomic E-state index is 14.3. The SMILES string of the molecule is CCCCCCCCCCCCCCCCCCC(=O)OCC1OC(OC2C(O)C(O)C(O)C(OC3OC(CO)C(O)C(O)C3O)C2OP(=O)(O)OCC(COC(=O)CCCCCCCCCCCCC)OC(=O)CCCCCCCCCCCCCCCCCC)C(O)C(O)C1O. The van der Waals surface area contributed by atoms with E-state index in [1.807, 2.05) is 0 Å². The highest BCUT2D eigenvalue weighted by molar-refractivity contribution is 7.47. The molecule has 0 amide bonds. The second-order valence-electron chi connectivity index (χ2n) is 28.1. The molecule has 1 saturated carbocycles. The Hall–Kier alpha value is -2.04. The van der Waals surface area contributed by atoms with Gasteiger partial charge in [-0.15, -0.1) is 0 Å². The zero-order valence-corrected chi connectivity index (χ0v) is 61.2. The minimum atomic E-state index is -5.69. The predicted octanol–water partition coefficient (Wildman–Crippen LogP) is 11.0. The van der Waals surface area contributed by atoms with E-state index in [1.54, 1.807) is 0 Å². The van der Waals surface area contributed by atoms with Gasteiger partial charge in [0.25, 0.3) is 0 Å². The van der Waals surface area contributed by atoms with Crippen molar-refractivity contribution >= 4 is 25.7 Å². The normalized spacial score (nSPS) is 27.6. The molecule has 3 aliphatic rings. The van der Waals surface area contributed by atoms with Crippen LogP contribution in [0.25, 0.3) is 0 Å². The van der Waals surface area contributed by atoms with Gasteiger partial charge in [-0.05, 0) is 19.3 Å². The van der Waals surface area contributed by atoms with Gasteiger partial charge in [-0.3, -0.25) is 23.4 Å². The number of carbonyl (C=O) groups is 3. The van der Waals surface area contributed by atoms with Crippen LogP contribution < -0.4 is 0 Å². The van der Waals surface area contributed by atoms with Crippen molar-refractivity contribution < 1.29 is 117 Å². The number of carbonyl (C=O) groups excluding carboxylic acids is 3. The van der Waals surface area contributed by atoms with Gasteiger partial charge in [0.1, 0.15) is 98.7 Å². The molecule has 98 heavy (non-hydrogen) atoms. The Bertz CT molecular complexity index is 2030. The van der Waals surface area contributed by atoms with Crippen LogP contribution in [0.15, 0.2) is 0 Å². The Morgan fingerprint density at radius 1 is 0.357 bits per heavy atom. The maximum Gasteiger partial charge on any atom is 0.472 e. The summed E-state index contributed by atoms with van der Waals surface area (Å²) in [4.78, 5) is 51.0. The number of unbranched alkanes of at least 4 members (excludes halogenated alkanes) is 40. The van der Waals surface area contributed by atoms with E-state index in [4.69, 9.17) is 42.2 Å². The number of esters is 3. The highest BCUT2D eigenvalue weighted by Crippen LogP contribution is 2.49. The van der Waals surface area contributed by atoms with Crippen molar-refractivity contribution in [2.75, 3.05) is 26.4 Å². The molecule has 3 fully saturated rings. The average Bonchev–Trinajstić information content (AvgIpc) is 0.762. The van der Waals surface area contributed by atoms with Crippen LogP contribution in [0.2, 0.25) is 0 Å². The topological polar surface area (TPSA) is 374 Å². The Morgan fingerprint density at radius 2 is 0.653 bits per heavy atom. The lowest BCUT2D eigenvalue weighted by atomic mass is 9.84. The fourth-order valence-corrected chi connectivity index (χ4v) is 14.0. The molecule has 578 valence electrons. The second-order valence-corrected chi connectivity index (χ2v) is 29.5. The van der Waals surface area contributed by atoms with E-state index in [-0.39, 0.29) is 19.3 Å². The molecule has 18 atom stereocenters. The summed E-state index contributed by atoms with van der Waals surface area (Å²) in [5.74, 6) is -1.97. The van der Waals surface area contributed by atoms with Crippen molar-refractivity contribution in [3.05, 3.63) is 0 Å². The molecule has 0 aromatic rings. The summed E-state index contributed by atoms with van der Waals surface area (Å²) in [6.07, 6.45) is 13.1. The number of hydrogen-bond donors (Lipinski definition) is 11. The van der Waals surface area contributed by atoms with Gasteiger partial charge >= 0.3 is 25.7 Å². The molecule has 25 heteroatoms. The van der Waals surface area contributed by atoms with Crippen molar-refractivity contribution in [1.82, 2.24) is 0 Å². The summed E-state index contributed by atoms with van der Waals surface area (Å²) < 4.78 is 65.1. The molecule has 0 radical (unpaired) electrons. The number of ether oxygens (including phenoxy) is 7. The van der Waals surface area contributed by atoms with Crippen LogP contribution in [0.5, 0.6) is 0 Å². The summed E-state index contributed by atoms with van der Waals surface area (Å²) in [6, 6.07) is 0. The number of rotatable bonds is 61. The summed E-state index contributed by atoms with van der Waals surface area (Å²) in [5, 5.41) is 110. The third kappa shape index (κ3) is 38.1. The Balaban J connectivity index is 1.71. The van der Waals surface area contributed by atoms with Gasteiger partial charge in [-0.2, -0.15) is 0 Å². The van der Waals surface area contributed by atoms with Crippen molar-refractivity contribution in [3.63, 3.8) is 0 Å². The molecule has 2 aliphatic heterocycles. The largest absolute Gasteiger partial charge is 0.472 e. The van der Waals surface area contributed by atoms with Crippen LogP contribution in [0.4, 0.5) is 0 Å². The fraction of sp³-hybridized carbons (Fsp3) is 0.959. The van der Waals surface area contributed by atoms with Crippen LogP contribution in [-0.4, -0.2) is 204 Å². The molecule has 24 nitrogen and oxygen atoms in total. The molecular formula is C73H137O24P. The highest BCUT2D eigenvalue weighted by atomic mass is 31.2. The Labute approximate surface area is 587 Å². The summed E-state index contributed by atoms with van der Waals surface area (Å²) in [5.41, 5.74) is 0. The number of aliphatic hydroxyl groups is 10. The first-order valence-electron chi connectivity index (χ1n) is 38.8. The van der Waals surface area contributed by atoms with E-state index in [0.29, 0.717) is 19.3 Å². The molecule has 2 saturated heterocycles. The zero-order chi connectivity index (χ0) is 71.8. The quantitative estimate of drug-likeness (QED) is 0.0117. The molecule has 3 rings (SSSR count). The molecule has 11 N–H and O–H groups in total. The van der Waals surface area contributed by atoms with Crippen molar-refractivity contribution in [2.24, 2.45) is 0 Å². The smallest absolute Gasteiger partial charge is 0.463 e. The van der Waals surface area contributed by atoms with E-state index in [2.05, 4.69) is 20.8 Å². The number of hydrogen-bond acceptors (Lipinski definition) is 23. The lowest BCUT2D eigenvalue weighted by Gasteiger charge is -2.49. The Morgan fingerprint density at radius 3 is 1.00 bits per heavy atom.